The molecule has 0 spiro atoms. The summed E-state index contributed by atoms with van der Waals surface area (Å²) in [6.07, 6.45) is 6.47. The van der Waals surface area contributed by atoms with Crippen LogP contribution in [0.4, 0.5) is 5.69 Å². The zero-order chi connectivity index (χ0) is 31.3. The van der Waals surface area contributed by atoms with Crippen LogP contribution in [0.15, 0.2) is 60.2 Å². The first kappa shape index (κ1) is 28.9. The fourth-order valence-corrected chi connectivity index (χ4v) is 10.0. The molecule has 3 saturated carbocycles. The van der Waals surface area contributed by atoms with Crippen LogP contribution >= 0.6 is 0 Å². The van der Waals surface area contributed by atoms with Gasteiger partial charge in [0.05, 0.1) is 24.5 Å². The number of rotatable bonds is 5. The molecule has 45 heavy (non-hydrogen) atoms. The molecule has 0 aromatic heterocycles. The Morgan fingerprint density at radius 3 is 2.71 bits per heavy atom. The van der Waals surface area contributed by atoms with E-state index in [0.29, 0.717) is 42.4 Å². The number of benzene rings is 2. The molecule has 1 saturated heterocycles. The molecule has 0 amide bonds. The van der Waals surface area contributed by atoms with Gasteiger partial charge in [-0.15, -0.1) is 0 Å². The maximum absolute atomic E-state index is 13.8. The molecule has 2 heterocycles. The van der Waals surface area contributed by atoms with E-state index in [1.54, 1.807) is 18.2 Å². The van der Waals surface area contributed by atoms with Crippen molar-refractivity contribution < 1.29 is 38.7 Å². The monoisotopic (exact) mass is 613 g/mol. The SMILES string of the molecule is C[C@]12C=CC(=O)C=C1CC[C@@H]1[C@@H]2[C@@H](O)C[C@@]2(C)[C@H]1C[C@H]1O[C@@H](c3ccc(Oc4ccc(N)c5c4CCO5)cc3)O[C@]12C(=O)CO. The number of ether oxygens (including phenoxy) is 4. The summed E-state index contributed by atoms with van der Waals surface area (Å²) < 4.78 is 25.1. The molecule has 6 aliphatic rings. The fraction of sp³-hybridized carbons (Fsp3) is 0.500. The lowest BCUT2D eigenvalue weighted by molar-refractivity contribution is -0.201. The van der Waals surface area contributed by atoms with Gasteiger partial charge in [-0.25, -0.2) is 0 Å². The summed E-state index contributed by atoms with van der Waals surface area (Å²) in [6.45, 7) is 4.06. The zero-order valence-corrected chi connectivity index (χ0v) is 25.5. The van der Waals surface area contributed by atoms with Crippen LogP contribution in [0.2, 0.25) is 0 Å². The number of fused-ring (bicyclic) bond motifs is 8. The largest absolute Gasteiger partial charge is 0.491 e. The van der Waals surface area contributed by atoms with Gasteiger partial charge < -0.3 is 34.9 Å². The Balaban J connectivity index is 1.07. The molecular formula is C36H39NO8. The second kappa shape index (κ2) is 10.00. The van der Waals surface area contributed by atoms with Crippen molar-refractivity contribution in [2.45, 2.75) is 70.1 Å². The highest BCUT2D eigenvalue weighted by Crippen LogP contribution is 2.70. The number of anilines is 1. The molecular weight excluding hydrogens is 574 g/mol. The molecule has 2 aromatic carbocycles. The number of Topliss-reactive ketones (excluding diaryl/α,β-unsaturated/α-hetero) is 1. The molecule has 0 unspecified atom stereocenters. The van der Waals surface area contributed by atoms with Gasteiger partial charge in [0.25, 0.3) is 0 Å². The van der Waals surface area contributed by atoms with Gasteiger partial charge in [-0.1, -0.05) is 37.6 Å². The van der Waals surface area contributed by atoms with E-state index in [-0.39, 0.29) is 23.5 Å². The Bertz CT molecular complexity index is 1650. The molecule has 0 bridgehead atoms. The summed E-state index contributed by atoms with van der Waals surface area (Å²) in [5, 5.41) is 22.1. The maximum atomic E-state index is 13.8. The van der Waals surface area contributed by atoms with E-state index in [0.717, 1.165) is 36.0 Å². The standard InChI is InChI=1S/C36H39NO8/c1-34-13-11-21(39)15-20(34)5-8-23-25-16-30-36(29(41)18-38,35(25,2)17-27(40)31(23)34)45-33(44-30)19-3-6-22(7-4-19)43-28-10-9-26(37)32-24(28)12-14-42-32/h3-4,6-7,9-11,13,15,23,25,27,30-31,33,38,40H,5,8,12,14,16-18,37H2,1-2H3/t23-,25-,27-,30+,31+,33+,34-,35-,36+/m0/s1. The van der Waals surface area contributed by atoms with Gasteiger partial charge in [0, 0.05) is 34.3 Å². The number of aliphatic hydroxyl groups is 2. The van der Waals surface area contributed by atoms with Gasteiger partial charge in [-0.2, -0.15) is 0 Å². The maximum Gasteiger partial charge on any atom is 0.193 e. The van der Waals surface area contributed by atoms with Crippen molar-refractivity contribution in [3.63, 3.8) is 0 Å². The summed E-state index contributed by atoms with van der Waals surface area (Å²) in [5.41, 5.74) is 6.85. The van der Waals surface area contributed by atoms with E-state index in [1.165, 1.54) is 0 Å². The highest BCUT2D eigenvalue weighted by molar-refractivity contribution is 6.01. The molecule has 9 atom stereocenters. The topological polar surface area (TPSA) is 138 Å². The van der Waals surface area contributed by atoms with E-state index >= 15 is 0 Å². The van der Waals surface area contributed by atoms with Crippen molar-refractivity contribution in [3.8, 4) is 17.2 Å². The number of allylic oxidation sites excluding steroid dienone is 4. The summed E-state index contributed by atoms with van der Waals surface area (Å²) in [7, 11) is 0. The molecule has 4 N–H and O–H groups in total. The average Bonchev–Trinajstić information content (AvgIpc) is 3.73. The van der Waals surface area contributed by atoms with Crippen molar-refractivity contribution in [2.24, 2.45) is 28.6 Å². The molecule has 9 heteroatoms. The Kier molecular flexibility index (Phi) is 6.43. The van der Waals surface area contributed by atoms with Gasteiger partial charge in [-0.05, 0) is 73.9 Å². The lowest BCUT2D eigenvalue weighted by Gasteiger charge is -2.59. The second-order valence-electron chi connectivity index (χ2n) is 14.1. The van der Waals surface area contributed by atoms with Crippen molar-refractivity contribution in [3.05, 3.63) is 71.3 Å². The number of carbonyl (C=O) groups excluding carboxylic acids is 2. The number of carbonyl (C=O) groups is 2. The predicted octanol–water partition coefficient (Wildman–Crippen LogP) is 4.60. The first-order chi connectivity index (χ1) is 21.6. The summed E-state index contributed by atoms with van der Waals surface area (Å²) in [4.78, 5) is 26.0. The quantitative estimate of drug-likeness (QED) is 0.413. The molecule has 0 radical (unpaired) electrons. The predicted molar refractivity (Wildman–Crippen MR) is 163 cm³/mol. The van der Waals surface area contributed by atoms with Crippen molar-refractivity contribution >= 4 is 17.3 Å². The molecule has 2 aliphatic heterocycles. The number of nitrogens with two attached hydrogens (primary N) is 1. The number of hydrogen-bond donors (Lipinski definition) is 3. The van der Waals surface area contributed by atoms with Crippen LogP contribution in [0.1, 0.15) is 56.9 Å². The molecule has 8 rings (SSSR count). The minimum absolute atomic E-state index is 0.00486. The molecule has 4 aliphatic carbocycles. The smallest absolute Gasteiger partial charge is 0.193 e. The number of ketones is 2. The third kappa shape index (κ3) is 3.94. The summed E-state index contributed by atoms with van der Waals surface area (Å²) in [6, 6.07) is 11.0. The van der Waals surface area contributed by atoms with Crippen molar-refractivity contribution in [1.29, 1.82) is 0 Å². The highest BCUT2D eigenvalue weighted by atomic mass is 16.7. The lowest BCUT2D eigenvalue weighted by atomic mass is 9.46. The van der Waals surface area contributed by atoms with Gasteiger partial charge >= 0.3 is 0 Å². The normalized spacial score (nSPS) is 39.2. The summed E-state index contributed by atoms with van der Waals surface area (Å²) >= 11 is 0. The molecule has 236 valence electrons. The Hall–Kier alpha value is -3.50. The van der Waals surface area contributed by atoms with Crippen LogP contribution in [-0.4, -0.2) is 52.8 Å². The average molecular weight is 614 g/mol. The Labute approximate surface area is 262 Å². The zero-order valence-electron chi connectivity index (χ0n) is 25.5. The molecule has 2 aromatic rings. The van der Waals surface area contributed by atoms with Gasteiger partial charge in [0.1, 0.15) is 23.9 Å². The Morgan fingerprint density at radius 2 is 1.93 bits per heavy atom. The minimum atomic E-state index is -1.39. The molecule has 4 fully saturated rings. The van der Waals surface area contributed by atoms with E-state index < -0.39 is 47.3 Å². The van der Waals surface area contributed by atoms with E-state index in [2.05, 4.69) is 6.92 Å². The molecule has 9 nitrogen and oxygen atoms in total. The van der Waals surface area contributed by atoms with E-state index in [1.807, 2.05) is 43.3 Å². The van der Waals surface area contributed by atoms with E-state index in [9.17, 15) is 19.8 Å². The fourth-order valence-electron chi connectivity index (χ4n) is 10.0. The van der Waals surface area contributed by atoms with E-state index in [4.69, 9.17) is 24.7 Å². The highest BCUT2D eigenvalue weighted by Gasteiger charge is 2.75. The van der Waals surface area contributed by atoms with Gasteiger partial charge in [0.2, 0.25) is 0 Å². The number of aliphatic hydroxyl groups excluding tert-OH is 2. The van der Waals surface area contributed by atoms with Crippen LogP contribution in [0, 0.1) is 28.6 Å². The first-order valence-corrected chi connectivity index (χ1v) is 16.0. The van der Waals surface area contributed by atoms with Crippen LogP contribution < -0.4 is 15.2 Å². The van der Waals surface area contributed by atoms with Crippen LogP contribution in [0.3, 0.4) is 0 Å². The third-order valence-electron chi connectivity index (χ3n) is 12.0. The number of hydrogen-bond acceptors (Lipinski definition) is 9. The number of nitrogen functional groups attached to an aromatic ring is 1. The van der Waals surface area contributed by atoms with Crippen molar-refractivity contribution in [2.75, 3.05) is 18.9 Å². The van der Waals surface area contributed by atoms with Crippen LogP contribution in [0.5, 0.6) is 17.2 Å². The van der Waals surface area contributed by atoms with Crippen molar-refractivity contribution in [1.82, 2.24) is 0 Å². The second-order valence-corrected chi connectivity index (χ2v) is 14.1. The van der Waals surface area contributed by atoms with Crippen LogP contribution in [-0.2, 0) is 25.5 Å². The van der Waals surface area contributed by atoms with Gasteiger partial charge in [0.15, 0.2) is 23.5 Å². The summed E-state index contributed by atoms with van der Waals surface area (Å²) in [5.74, 6) is 1.65. The van der Waals surface area contributed by atoms with Crippen LogP contribution in [0.25, 0.3) is 0 Å². The Morgan fingerprint density at radius 1 is 1.13 bits per heavy atom. The van der Waals surface area contributed by atoms with Gasteiger partial charge in [-0.3, -0.25) is 9.59 Å². The lowest BCUT2D eigenvalue weighted by Crippen LogP contribution is -2.63. The third-order valence-corrected chi connectivity index (χ3v) is 12.0. The first-order valence-electron chi connectivity index (χ1n) is 16.0. The minimum Gasteiger partial charge on any atom is -0.491 e.